The number of aryl methyl sites for hydroxylation is 1. The van der Waals surface area contributed by atoms with E-state index in [1.165, 1.54) is 12.3 Å². The van der Waals surface area contributed by atoms with E-state index in [-0.39, 0.29) is 24.4 Å². The second kappa shape index (κ2) is 6.90. The molecule has 0 amide bonds. The number of pyridine rings is 1. The van der Waals surface area contributed by atoms with E-state index >= 15 is 0 Å². The summed E-state index contributed by atoms with van der Waals surface area (Å²) in [7, 11) is 1.87. The number of aromatic nitrogens is 3. The smallest absolute Gasteiger partial charge is 0.369 e. The molecule has 1 aliphatic heterocycles. The number of rotatable bonds is 4. The Bertz CT molecular complexity index is 686. The Morgan fingerprint density at radius 2 is 2.17 bits per heavy atom. The lowest BCUT2D eigenvalue weighted by molar-refractivity contribution is -0.138. The number of halogens is 3. The molecule has 0 spiro atoms. The van der Waals surface area contributed by atoms with Gasteiger partial charge in [0.1, 0.15) is 11.9 Å². The van der Waals surface area contributed by atoms with Gasteiger partial charge in [0.15, 0.2) is 0 Å². The van der Waals surface area contributed by atoms with Crippen LogP contribution in [0.15, 0.2) is 30.7 Å². The SMILES string of the molecule is Cn1ccnc1[C@H]1OCCC[C@@H]1NCc1ncccc1C(F)(F)F. The number of imidazole rings is 1. The molecule has 0 unspecified atom stereocenters. The zero-order chi connectivity index (χ0) is 17.2. The van der Waals surface area contributed by atoms with E-state index < -0.39 is 11.7 Å². The summed E-state index contributed by atoms with van der Waals surface area (Å²) in [5, 5.41) is 3.18. The first kappa shape index (κ1) is 16.9. The van der Waals surface area contributed by atoms with Gasteiger partial charge in [0.25, 0.3) is 0 Å². The topological polar surface area (TPSA) is 52.0 Å². The van der Waals surface area contributed by atoms with Gasteiger partial charge in [-0.1, -0.05) is 0 Å². The minimum absolute atomic E-state index is 0.00540. The third kappa shape index (κ3) is 3.59. The van der Waals surface area contributed by atoms with Gasteiger partial charge < -0.3 is 14.6 Å². The molecule has 3 heterocycles. The van der Waals surface area contributed by atoms with Crippen LogP contribution in [0, 0.1) is 0 Å². The lowest BCUT2D eigenvalue weighted by atomic mass is 10.0. The number of alkyl halides is 3. The van der Waals surface area contributed by atoms with Crippen LogP contribution in [-0.4, -0.2) is 27.2 Å². The number of hydrogen-bond acceptors (Lipinski definition) is 4. The third-order valence-corrected chi connectivity index (χ3v) is 4.16. The average Bonchev–Trinajstić information content (AvgIpc) is 2.98. The van der Waals surface area contributed by atoms with Crippen molar-refractivity contribution >= 4 is 0 Å². The van der Waals surface area contributed by atoms with Crippen LogP contribution < -0.4 is 5.32 Å². The second-order valence-electron chi connectivity index (χ2n) is 5.81. The molecule has 24 heavy (non-hydrogen) atoms. The van der Waals surface area contributed by atoms with Crippen LogP contribution in [-0.2, 0) is 24.5 Å². The summed E-state index contributed by atoms with van der Waals surface area (Å²) >= 11 is 0. The predicted octanol–water partition coefficient (Wildman–Crippen LogP) is 2.84. The van der Waals surface area contributed by atoms with Crippen molar-refractivity contribution in [3.8, 4) is 0 Å². The Balaban J connectivity index is 1.75. The van der Waals surface area contributed by atoms with Crippen LogP contribution in [0.3, 0.4) is 0 Å². The van der Waals surface area contributed by atoms with Crippen molar-refractivity contribution < 1.29 is 17.9 Å². The van der Waals surface area contributed by atoms with Gasteiger partial charge in [-0.3, -0.25) is 4.98 Å². The van der Waals surface area contributed by atoms with E-state index in [1.807, 2.05) is 17.8 Å². The summed E-state index contributed by atoms with van der Waals surface area (Å²) in [6, 6.07) is 2.24. The number of ether oxygens (including phenoxy) is 1. The first-order valence-electron chi connectivity index (χ1n) is 7.80. The summed E-state index contributed by atoms with van der Waals surface area (Å²) in [5.74, 6) is 0.768. The number of hydrogen-bond donors (Lipinski definition) is 1. The van der Waals surface area contributed by atoms with Crippen molar-refractivity contribution in [1.82, 2.24) is 19.9 Å². The van der Waals surface area contributed by atoms with Gasteiger partial charge in [0, 0.05) is 44.8 Å². The van der Waals surface area contributed by atoms with E-state index in [4.69, 9.17) is 4.74 Å². The Morgan fingerprint density at radius 3 is 2.88 bits per heavy atom. The summed E-state index contributed by atoms with van der Waals surface area (Å²) < 4.78 is 46.9. The van der Waals surface area contributed by atoms with Crippen molar-refractivity contribution in [3.05, 3.63) is 47.8 Å². The van der Waals surface area contributed by atoms with E-state index in [0.717, 1.165) is 24.7 Å². The van der Waals surface area contributed by atoms with Gasteiger partial charge in [-0.15, -0.1) is 0 Å². The summed E-state index contributed by atoms with van der Waals surface area (Å²) in [5.41, 5.74) is -0.711. The molecule has 0 aliphatic carbocycles. The quantitative estimate of drug-likeness (QED) is 0.930. The van der Waals surface area contributed by atoms with Crippen molar-refractivity contribution in [2.24, 2.45) is 7.05 Å². The normalized spacial score (nSPS) is 21.8. The molecule has 2 atom stereocenters. The predicted molar refractivity (Wildman–Crippen MR) is 81.0 cm³/mol. The van der Waals surface area contributed by atoms with Gasteiger partial charge in [0.2, 0.25) is 0 Å². The highest BCUT2D eigenvalue weighted by Gasteiger charge is 2.35. The first-order valence-corrected chi connectivity index (χ1v) is 7.80. The highest BCUT2D eigenvalue weighted by molar-refractivity contribution is 5.23. The van der Waals surface area contributed by atoms with Crippen LogP contribution in [0.4, 0.5) is 13.2 Å². The van der Waals surface area contributed by atoms with E-state index in [9.17, 15) is 13.2 Å². The molecule has 0 aromatic carbocycles. The fraction of sp³-hybridized carbons (Fsp3) is 0.500. The lowest BCUT2D eigenvalue weighted by Crippen LogP contribution is -2.40. The largest absolute Gasteiger partial charge is 0.418 e. The lowest BCUT2D eigenvalue weighted by Gasteiger charge is -2.32. The minimum atomic E-state index is -4.41. The number of nitrogens with one attached hydrogen (secondary N) is 1. The first-order chi connectivity index (χ1) is 11.5. The maximum Gasteiger partial charge on any atom is 0.418 e. The Labute approximate surface area is 137 Å². The Hall–Kier alpha value is -1.93. The van der Waals surface area contributed by atoms with Gasteiger partial charge in [0.05, 0.1) is 11.3 Å². The van der Waals surface area contributed by atoms with Crippen molar-refractivity contribution in [3.63, 3.8) is 0 Å². The van der Waals surface area contributed by atoms with Crippen molar-refractivity contribution in [2.75, 3.05) is 6.61 Å². The van der Waals surface area contributed by atoms with Gasteiger partial charge in [-0.2, -0.15) is 13.2 Å². The van der Waals surface area contributed by atoms with Gasteiger partial charge in [-0.05, 0) is 25.0 Å². The Kier molecular flexibility index (Phi) is 4.86. The molecular weight excluding hydrogens is 321 g/mol. The summed E-state index contributed by atoms with van der Waals surface area (Å²) in [6.07, 6.45) is 1.86. The Morgan fingerprint density at radius 1 is 1.33 bits per heavy atom. The fourth-order valence-corrected chi connectivity index (χ4v) is 2.96. The summed E-state index contributed by atoms with van der Waals surface area (Å²) in [4.78, 5) is 8.19. The second-order valence-corrected chi connectivity index (χ2v) is 5.81. The molecule has 0 radical (unpaired) electrons. The molecule has 1 fully saturated rings. The molecule has 0 saturated carbocycles. The van der Waals surface area contributed by atoms with Crippen LogP contribution in [0.25, 0.3) is 0 Å². The van der Waals surface area contributed by atoms with E-state index in [2.05, 4.69) is 15.3 Å². The molecule has 0 bridgehead atoms. The maximum atomic E-state index is 13.1. The van der Waals surface area contributed by atoms with E-state index in [1.54, 1.807) is 6.20 Å². The molecule has 1 N–H and O–H groups in total. The third-order valence-electron chi connectivity index (χ3n) is 4.16. The van der Waals surface area contributed by atoms with Gasteiger partial charge in [-0.25, -0.2) is 4.98 Å². The molecule has 2 aromatic heterocycles. The molecule has 5 nitrogen and oxygen atoms in total. The summed E-state index contributed by atoms with van der Waals surface area (Å²) in [6.45, 7) is 0.651. The average molecular weight is 340 g/mol. The van der Waals surface area contributed by atoms with Crippen LogP contribution in [0.1, 0.15) is 36.0 Å². The van der Waals surface area contributed by atoms with Crippen molar-refractivity contribution in [2.45, 2.75) is 37.7 Å². The monoisotopic (exact) mass is 340 g/mol. The van der Waals surface area contributed by atoms with E-state index in [0.29, 0.717) is 6.61 Å². The zero-order valence-electron chi connectivity index (χ0n) is 13.3. The fourth-order valence-electron chi connectivity index (χ4n) is 2.96. The highest BCUT2D eigenvalue weighted by atomic mass is 19.4. The zero-order valence-corrected chi connectivity index (χ0v) is 13.3. The molecular formula is C16H19F3N4O. The molecule has 130 valence electrons. The maximum absolute atomic E-state index is 13.1. The van der Waals surface area contributed by atoms with Crippen molar-refractivity contribution in [1.29, 1.82) is 0 Å². The van der Waals surface area contributed by atoms with Crippen LogP contribution in [0.5, 0.6) is 0 Å². The van der Waals surface area contributed by atoms with Crippen LogP contribution >= 0.6 is 0 Å². The molecule has 8 heteroatoms. The van der Waals surface area contributed by atoms with Crippen LogP contribution in [0.2, 0.25) is 0 Å². The van der Waals surface area contributed by atoms with Gasteiger partial charge >= 0.3 is 6.18 Å². The molecule has 2 aromatic rings. The molecule has 1 aliphatic rings. The molecule has 1 saturated heterocycles. The minimum Gasteiger partial charge on any atom is -0.369 e. The standard InChI is InChI=1S/C16H19F3N4O/c1-23-8-7-21-15(23)14-12(5-3-9-24-14)22-10-13-11(16(17,18)19)4-2-6-20-13/h2,4,6-8,12,14,22H,3,5,9-10H2,1H3/t12-,14-/m0/s1. The highest BCUT2D eigenvalue weighted by Crippen LogP contribution is 2.32. The molecule has 3 rings (SSSR count). The number of nitrogens with zero attached hydrogens (tertiary/aromatic N) is 3.